The molecule has 6 aromatic rings. The quantitative estimate of drug-likeness (QED) is 0.211. The number of fused-ring (bicyclic) bond motifs is 11. The Kier molecular flexibility index (Phi) is 4.08. The minimum absolute atomic E-state index is 0.0190. The van der Waals surface area contributed by atoms with E-state index in [0.29, 0.717) is 0 Å². The van der Waals surface area contributed by atoms with Crippen molar-refractivity contribution in [3.63, 3.8) is 0 Å². The number of hydrogen-bond donors (Lipinski definition) is 0. The maximum Gasteiger partial charge on any atom is 0.0544 e. The van der Waals surface area contributed by atoms with Crippen LogP contribution in [0.3, 0.4) is 0 Å². The third-order valence-electron chi connectivity index (χ3n) is 10.3. The lowest BCUT2D eigenvalue weighted by Crippen LogP contribution is -2.20. The van der Waals surface area contributed by atoms with Gasteiger partial charge in [-0.25, -0.2) is 0 Å². The summed E-state index contributed by atoms with van der Waals surface area (Å²) in [5.41, 5.74) is 15.7. The van der Waals surface area contributed by atoms with Crippen LogP contribution in [0, 0.1) is 0 Å². The molecule has 0 unspecified atom stereocenters. The molecule has 0 N–H and O–H groups in total. The van der Waals surface area contributed by atoms with Gasteiger partial charge in [0.2, 0.25) is 0 Å². The average molecular weight is 502 g/mol. The summed E-state index contributed by atoms with van der Waals surface area (Å²) in [6.45, 7) is 4.76. The molecule has 39 heavy (non-hydrogen) atoms. The monoisotopic (exact) mass is 501 g/mol. The van der Waals surface area contributed by atoms with Crippen LogP contribution < -0.4 is 0 Å². The van der Waals surface area contributed by atoms with Gasteiger partial charge in [0.15, 0.2) is 0 Å². The molecule has 5 aromatic carbocycles. The van der Waals surface area contributed by atoms with E-state index in [1.807, 2.05) is 0 Å². The summed E-state index contributed by atoms with van der Waals surface area (Å²) in [4.78, 5) is 0. The zero-order chi connectivity index (χ0) is 25.9. The van der Waals surface area contributed by atoms with E-state index in [4.69, 9.17) is 0 Å². The Balaban J connectivity index is 1.34. The van der Waals surface area contributed by atoms with Crippen molar-refractivity contribution in [1.29, 1.82) is 0 Å². The lowest BCUT2D eigenvalue weighted by molar-refractivity contribution is 0.549. The third kappa shape index (κ3) is 2.61. The third-order valence-corrected chi connectivity index (χ3v) is 10.3. The number of hydrogen-bond acceptors (Lipinski definition) is 0. The number of benzene rings is 5. The molecule has 1 heterocycles. The SMILES string of the molecule is CC1(C)c2ccccc2-c2cc3c4ccccc4n(-c4ccc5c(c4)C4(CCCC4)c4ccccc4-5)c3cc21. The van der Waals surface area contributed by atoms with E-state index in [0.717, 1.165) is 0 Å². The summed E-state index contributed by atoms with van der Waals surface area (Å²) in [6, 6.07) is 39.4. The Morgan fingerprint density at radius 1 is 0.513 bits per heavy atom. The van der Waals surface area contributed by atoms with Gasteiger partial charge in [-0.05, 0) is 87.7 Å². The molecule has 3 aliphatic carbocycles. The number of para-hydroxylation sites is 1. The summed E-state index contributed by atoms with van der Waals surface area (Å²) < 4.78 is 2.54. The van der Waals surface area contributed by atoms with E-state index in [1.54, 1.807) is 11.1 Å². The van der Waals surface area contributed by atoms with Crippen molar-refractivity contribution < 1.29 is 0 Å². The van der Waals surface area contributed by atoms with Crippen LogP contribution in [0.1, 0.15) is 61.8 Å². The van der Waals surface area contributed by atoms with E-state index in [-0.39, 0.29) is 10.8 Å². The lowest BCUT2D eigenvalue weighted by atomic mass is 9.77. The van der Waals surface area contributed by atoms with Gasteiger partial charge in [-0.1, -0.05) is 99.5 Å². The van der Waals surface area contributed by atoms with Gasteiger partial charge in [-0.15, -0.1) is 0 Å². The largest absolute Gasteiger partial charge is 0.309 e. The molecule has 1 aromatic heterocycles. The molecule has 0 bridgehead atoms. The van der Waals surface area contributed by atoms with Crippen LogP contribution in [0.5, 0.6) is 0 Å². The molecule has 1 nitrogen and oxygen atoms in total. The van der Waals surface area contributed by atoms with Crippen LogP contribution in [0.4, 0.5) is 0 Å². The van der Waals surface area contributed by atoms with E-state index >= 15 is 0 Å². The first-order valence-corrected chi connectivity index (χ1v) is 14.5. The summed E-state index contributed by atoms with van der Waals surface area (Å²) in [6.07, 6.45) is 5.14. The number of nitrogens with zero attached hydrogens (tertiary/aromatic N) is 1. The van der Waals surface area contributed by atoms with Gasteiger partial charge < -0.3 is 4.57 Å². The standard InChI is InChI=1S/C38H31N/c1-37(2)31-14-6-3-12-26(31)29-22-30-28-13-5-8-16-35(28)39(36(30)23-33(29)37)24-17-18-27-25-11-4-7-15-32(25)38(34(27)21-24)19-9-10-20-38/h3-8,11-18,21-23H,9-10,19-20H2,1-2H3. The van der Waals surface area contributed by atoms with Crippen molar-refractivity contribution >= 4 is 21.8 Å². The highest BCUT2D eigenvalue weighted by molar-refractivity contribution is 6.11. The molecule has 0 aliphatic heterocycles. The molecule has 0 radical (unpaired) electrons. The number of aromatic nitrogens is 1. The van der Waals surface area contributed by atoms with Crippen molar-refractivity contribution in [3.05, 3.63) is 125 Å². The maximum absolute atomic E-state index is 2.54. The molecular formula is C38H31N. The van der Waals surface area contributed by atoms with E-state index in [2.05, 4.69) is 122 Å². The van der Waals surface area contributed by atoms with Crippen molar-refractivity contribution in [2.75, 3.05) is 0 Å². The molecule has 188 valence electrons. The fourth-order valence-electron chi connectivity index (χ4n) is 8.54. The first-order chi connectivity index (χ1) is 19.1. The highest BCUT2D eigenvalue weighted by Gasteiger charge is 2.45. The highest BCUT2D eigenvalue weighted by atomic mass is 15.0. The first-order valence-electron chi connectivity index (χ1n) is 14.5. The highest BCUT2D eigenvalue weighted by Crippen LogP contribution is 2.57. The van der Waals surface area contributed by atoms with Crippen LogP contribution >= 0.6 is 0 Å². The van der Waals surface area contributed by atoms with Gasteiger partial charge in [-0.3, -0.25) is 0 Å². The van der Waals surface area contributed by atoms with Crippen molar-refractivity contribution in [1.82, 2.24) is 4.57 Å². The van der Waals surface area contributed by atoms with Crippen molar-refractivity contribution in [2.24, 2.45) is 0 Å². The van der Waals surface area contributed by atoms with Gasteiger partial charge >= 0.3 is 0 Å². The van der Waals surface area contributed by atoms with E-state index in [9.17, 15) is 0 Å². The molecule has 1 spiro atoms. The summed E-state index contributed by atoms with van der Waals surface area (Å²) in [7, 11) is 0. The molecule has 0 amide bonds. The summed E-state index contributed by atoms with van der Waals surface area (Å²) >= 11 is 0. The Labute approximate surface area is 229 Å². The zero-order valence-corrected chi connectivity index (χ0v) is 22.6. The second-order valence-corrected chi connectivity index (χ2v) is 12.5. The Morgan fingerprint density at radius 2 is 1.18 bits per heavy atom. The van der Waals surface area contributed by atoms with Crippen molar-refractivity contribution in [2.45, 2.75) is 50.4 Å². The van der Waals surface area contributed by atoms with Gasteiger partial charge in [0.1, 0.15) is 0 Å². The topological polar surface area (TPSA) is 4.93 Å². The minimum atomic E-state index is -0.0190. The molecular weight excluding hydrogens is 470 g/mol. The number of rotatable bonds is 1. The van der Waals surface area contributed by atoms with E-state index < -0.39 is 0 Å². The maximum atomic E-state index is 2.54. The van der Waals surface area contributed by atoms with Crippen LogP contribution in [0.2, 0.25) is 0 Å². The van der Waals surface area contributed by atoms with E-state index in [1.165, 1.54) is 86.6 Å². The van der Waals surface area contributed by atoms with Gasteiger partial charge in [0, 0.05) is 27.3 Å². The smallest absolute Gasteiger partial charge is 0.0544 e. The Hall–Kier alpha value is -4.10. The second-order valence-electron chi connectivity index (χ2n) is 12.5. The molecule has 0 atom stereocenters. The van der Waals surface area contributed by atoms with Gasteiger partial charge in [0.25, 0.3) is 0 Å². The van der Waals surface area contributed by atoms with Crippen molar-refractivity contribution in [3.8, 4) is 27.9 Å². The molecule has 1 heteroatoms. The zero-order valence-electron chi connectivity index (χ0n) is 22.6. The molecule has 1 fully saturated rings. The Morgan fingerprint density at radius 3 is 2.00 bits per heavy atom. The molecule has 1 saturated carbocycles. The Bertz CT molecular complexity index is 1990. The predicted molar refractivity (Wildman–Crippen MR) is 163 cm³/mol. The first kappa shape index (κ1) is 21.8. The fourth-order valence-corrected chi connectivity index (χ4v) is 8.54. The molecule has 9 rings (SSSR count). The van der Waals surface area contributed by atoms with Gasteiger partial charge in [0.05, 0.1) is 11.0 Å². The molecule has 3 aliphatic rings. The summed E-state index contributed by atoms with van der Waals surface area (Å²) in [5, 5.41) is 2.67. The molecule has 0 saturated heterocycles. The second kappa shape index (κ2) is 7.30. The average Bonchev–Trinajstić information content (AvgIpc) is 3.71. The van der Waals surface area contributed by atoms with Crippen LogP contribution in [-0.2, 0) is 10.8 Å². The lowest BCUT2D eigenvalue weighted by Gasteiger charge is -2.27. The minimum Gasteiger partial charge on any atom is -0.309 e. The summed E-state index contributed by atoms with van der Waals surface area (Å²) in [5.74, 6) is 0. The fraction of sp³-hybridized carbons (Fsp3) is 0.211. The van der Waals surface area contributed by atoms with Crippen LogP contribution in [-0.4, -0.2) is 4.57 Å². The van der Waals surface area contributed by atoms with Crippen LogP contribution in [0.15, 0.2) is 103 Å². The van der Waals surface area contributed by atoms with Gasteiger partial charge in [-0.2, -0.15) is 0 Å². The predicted octanol–water partition coefficient (Wildman–Crippen LogP) is 9.93. The normalized spacial score (nSPS) is 17.5. The van der Waals surface area contributed by atoms with Crippen LogP contribution in [0.25, 0.3) is 49.7 Å².